The predicted octanol–water partition coefficient (Wildman–Crippen LogP) is 4.16. The summed E-state index contributed by atoms with van der Waals surface area (Å²) in [5.74, 6) is 2.29. The molecule has 2 N–H and O–H groups in total. The highest BCUT2D eigenvalue weighted by molar-refractivity contribution is 14.0. The van der Waals surface area contributed by atoms with Crippen LogP contribution in [0.5, 0.6) is 5.88 Å². The molecular weight excluding hydrogens is 511 g/mol. The van der Waals surface area contributed by atoms with Crippen molar-refractivity contribution in [1.82, 2.24) is 15.6 Å². The van der Waals surface area contributed by atoms with Gasteiger partial charge in [0.05, 0.1) is 6.54 Å². The van der Waals surface area contributed by atoms with Gasteiger partial charge in [-0.1, -0.05) is 13.3 Å². The van der Waals surface area contributed by atoms with Crippen LogP contribution in [0.15, 0.2) is 23.3 Å². The van der Waals surface area contributed by atoms with Gasteiger partial charge in [-0.15, -0.1) is 24.0 Å². The maximum absolute atomic E-state index is 12.2. The van der Waals surface area contributed by atoms with Crippen LogP contribution < -0.4 is 15.4 Å². The van der Waals surface area contributed by atoms with Crippen LogP contribution in [0.1, 0.15) is 70.8 Å². The first-order valence-electron chi connectivity index (χ1n) is 11.2. The molecule has 1 aromatic heterocycles. The minimum atomic E-state index is -0.712. The summed E-state index contributed by atoms with van der Waals surface area (Å²) in [5, 5.41) is 7.22. The van der Waals surface area contributed by atoms with Crippen molar-refractivity contribution in [3.63, 3.8) is 0 Å². The van der Waals surface area contributed by atoms with E-state index in [1.54, 1.807) is 6.20 Å². The Morgan fingerprint density at radius 3 is 2.77 bits per heavy atom. The van der Waals surface area contributed by atoms with Gasteiger partial charge < -0.3 is 15.4 Å². The van der Waals surface area contributed by atoms with Gasteiger partial charge in [-0.3, -0.25) is 4.21 Å². The van der Waals surface area contributed by atoms with Gasteiger partial charge in [-0.05, 0) is 63.5 Å². The van der Waals surface area contributed by atoms with E-state index in [4.69, 9.17) is 9.73 Å². The summed E-state index contributed by atoms with van der Waals surface area (Å²) in [7, 11) is -0.712. The lowest BCUT2D eigenvalue weighted by Crippen LogP contribution is -2.46. The highest BCUT2D eigenvalue weighted by atomic mass is 127. The van der Waals surface area contributed by atoms with Gasteiger partial charge in [-0.25, -0.2) is 9.98 Å². The molecule has 2 aliphatic rings. The number of ether oxygens (including phenoxy) is 1. The van der Waals surface area contributed by atoms with Crippen molar-refractivity contribution < 1.29 is 8.95 Å². The van der Waals surface area contributed by atoms with Gasteiger partial charge in [0, 0.05) is 46.7 Å². The monoisotopic (exact) mass is 548 g/mol. The highest BCUT2D eigenvalue weighted by Gasteiger charge is 2.26. The summed E-state index contributed by atoms with van der Waals surface area (Å²) in [5.41, 5.74) is 1.10. The van der Waals surface area contributed by atoms with E-state index < -0.39 is 10.8 Å². The Kier molecular flexibility index (Phi) is 11.4. The molecule has 1 heterocycles. The van der Waals surface area contributed by atoms with E-state index in [-0.39, 0.29) is 24.0 Å². The van der Waals surface area contributed by atoms with Crippen molar-refractivity contribution in [1.29, 1.82) is 0 Å². The topological polar surface area (TPSA) is 75.6 Å². The average molecular weight is 549 g/mol. The molecule has 0 aromatic carbocycles. The van der Waals surface area contributed by atoms with Crippen LogP contribution in [0, 0.1) is 0 Å². The van der Waals surface area contributed by atoms with Crippen LogP contribution in [0.3, 0.4) is 0 Å². The van der Waals surface area contributed by atoms with E-state index in [0.717, 1.165) is 62.3 Å². The standard InChI is InChI=1S/C22H36N4O2S.HI/c1-3-23-22(26-18-8-7-11-20(15-18)29(27)4-2)25-16-17-12-13-24-21(14-17)28-19-9-5-6-10-19;/h12-14,18-20H,3-11,15-16H2,1-2H3,(H2,23,25,26);1H. The van der Waals surface area contributed by atoms with Gasteiger partial charge in [0.2, 0.25) is 5.88 Å². The van der Waals surface area contributed by atoms with Gasteiger partial charge >= 0.3 is 0 Å². The van der Waals surface area contributed by atoms with E-state index in [9.17, 15) is 4.21 Å². The Hall–Kier alpha value is -0.900. The molecule has 0 saturated heterocycles. The molecule has 2 saturated carbocycles. The van der Waals surface area contributed by atoms with E-state index in [0.29, 0.717) is 29.8 Å². The van der Waals surface area contributed by atoms with E-state index >= 15 is 0 Å². The Bertz CT molecular complexity index is 697. The van der Waals surface area contributed by atoms with Crippen LogP contribution in [0.4, 0.5) is 0 Å². The van der Waals surface area contributed by atoms with Gasteiger partial charge in [0.25, 0.3) is 0 Å². The summed E-state index contributed by atoms with van der Waals surface area (Å²) in [4.78, 5) is 9.14. The fourth-order valence-electron chi connectivity index (χ4n) is 4.22. The molecule has 0 aliphatic heterocycles. The second-order valence-corrected chi connectivity index (χ2v) is 10.0. The molecule has 3 rings (SSSR count). The fourth-order valence-corrected chi connectivity index (χ4v) is 5.57. The highest BCUT2D eigenvalue weighted by Crippen LogP contribution is 2.24. The molecule has 8 heteroatoms. The lowest BCUT2D eigenvalue weighted by Gasteiger charge is -2.30. The summed E-state index contributed by atoms with van der Waals surface area (Å²) < 4.78 is 18.2. The number of hydrogen-bond donors (Lipinski definition) is 2. The maximum atomic E-state index is 12.2. The number of aromatic nitrogens is 1. The van der Waals surface area contributed by atoms with Crippen LogP contribution >= 0.6 is 24.0 Å². The molecule has 3 unspecified atom stereocenters. The van der Waals surface area contributed by atoms with Crippen molar-refractivity contribution in [2.75, 3.05) is 12.3 Å². The zero-order chi connectivity index (χ0) is 20.5. The van der Waals surface area contributed by atoms with Crippen LogP contribution in [0.25, 0.3) is 0 Å². The number of rotatable bonds is 8. The molecule has 0 amide bonds. The number of guanidine groups is 1. The zero-order valence-corrected chi connectivity index (χ0v) is 21.4. The number of halogens is 1. The second-order valence-electron chi connectivity index (χ2n) is 8.02. The largest absolute Gasteiger partial charge is 0.474 e. The molecule has 0 spiro atoms. The Morgan fingerprint density at radius 2 is 2.03 bits per heavy atom. The average Bonchev–Trinajstić information content (AvgIpc) is 3.25. The SMILES string of the molecule is CCNC(=NCc1ccnc(OC2CCCC2)c1)NC1CCCC(S(=O)CC)C1.I. The molecule has 30 heavy (non-hydrogen) atoms. The van der Waals surface area contributed by atoms with Crippen molar-refractivity contribution in [3.05, 3.63) is 23.9 Å². The van der Waals surface area contributed by atoms with Crippen LogP contribution in [-0.2, 0) is 17.3 Å². The first-order valence-corrected chi connectivity index (χ1v) is 12.6. The summed E-state index contributed by atoms with van der Waals surface area (Å²) >= 11 is 0. The zero-order valence-electron chi connectivity index (χ0n) is 18.3. The minimum Gasteiger partial charge on any atom is -0.474 e. The Balaban J connectivity index is 0.00000320. The summed E-state index contributed by atoms with van der Waals surface area (Å²) in [6, 6.07) is 4.34. The van der Waals surface area contributed by atoms with Crippen molar-refractivity contribution >= 4 is 40.7 Å². The number of nitrogens with zero attached hydrogens (tertiary/aromatic N) is 2. The molecule has 0 bridgehead atoms. The first-order chi connectivity index (χ1) is 14.2. The second kappa shape index (κ2) is 13.5. The smallest absolute Gasteiger partial charge is 0.213 e. The third-order valence-corrected chi connectivity index (χ3v) is 7.52. The molecule has 3 atom stereocenters. The molecule has 1 aromatic rings. The van der Waals surface area contributed by atoms with Gasteiger partial charge in [0.1, 0.15) is 6.10 Å². The van der Waals surface area contributed by atoms with Crippen LogP contribution in [0.2, 0.25) is 0 Å². The number of nitrogens with one attached hydrogen (secondary N) is 2. The minimum absolute atomic E-state index is 0. The third-order valence-electron chi connectivity index (χ3n) is 5.78. The Morgan fingerprint density at radius 1 is 1.23 bits per heavy atom. The third kappa shape index (κ3) is 7.98. The van der Waals surface area contributed by atoms with E-state index in [1.165, 1.54) is 12.8 Å². The number of hydrogen-bond acceptors (Lipinski definition) is 4. The Labute approximate surface area is 200 Å². The molecule has 170 valence electrons. The van der Waals surface area contributed by atoms with E-state index in [2.05, 4.69) is 22.5 Å². The maximum Gasteiger partial charge on any atom is 0.213 e. The quantitative estimate of drug-likeness (QED) is 0.290. The predicted molar refractivity (Wildman–Crippen MR) is 135 cm³/mol. The first kappa shape index (κ1) is 25.4. The fraction of sp³-hybridized carbons (Fsp3) is 0.727. The number of pyridine rings is 1. The van der Waals surface area contributed by atoms with E-state index in [1.807, 2.05) is 19.1 Å². The van der Waals surface area contributed by atoms with Crippen molar-refractivity contribution in [3.8, 4) is 5.88 Å². The molecule has 2 aliphatic carbocycles. The molecule has 2 fully saturated rings. The molecule has 6 nitrogen and oxygen atoms in total. The van der Waals surface area contributed by atoms with Gasteiger partial charge in [0.15, 0.2) is 5.96 Å². The molecule has 0 radical (unpaired) electrons. The summed E-state index contributed by atoms with van der Waals surface area (Å²) in [6.07, 6.45) is 11.1. The van der Waals surface area contributed by atoms with Crippen molar-refractivity contribution in [2.24, 2.45) is 4.99 Å². The lowest BCUT2D eigenvalue weighted by atomic mass is 9.95. The number of aliphatic imine (C=N–C) groups is 1. The summed E-state index contributed by atoms with van der Waals surface area (Å²) in [6.45, 7) is 5.48. The van der Waals surface area contributed by atoms with Crippen molar-refractivity contribution in [2.45, 2.75) is 89.2 Å². The lowest BCUT2D eigenvalue weighted by molar-refractivity contribution is 0.201. The van der Waals surface area contributed by atoms with Gasteiger partial charge in [-0.2, -0.15) is 0 Å². The molecular formula is C22H37IN4O2S. The van der Waals surface area contributed by atoms with Crippen LogP contribution in [-0.4, -0.2) is 44.8 Å². The normalized spacial score (nSPS) is 23.5.